The molecule has 2 heterocycles. The van der Waals surface area contributed by atoms with Crippen LogP contribution in [0.1, 0.15) is 42.8 Å². The Bertz CT molecular complexity index is 1020. The Labute approximate surface area is 182 Å². The van der Waals surface area contributed by atoms with Crippen LogP contribution in [-0.2, 0) is 11.2 Å². The summed E-state index contributed by atoms with van der Waals surface area (Å²) >= 11 is 7.78. The number of oxazole rings is 1. The first-order valence-corrected chi connectivity index (χ1v) is 10.9. The molecular formula is C19H21N5O2S3. The van der Waals surface area contributed by atoms with E-state index in [0.29, 0.717) is 28.0 Å². The fourth-order valence-corrected chi connectivity index (χ4v) is 4.13. The number of thiocarbonyl (C=S) groups is 1. The molecule has 0 aliphatic rings. The lowest BCUT2D eigenvalue weighted by Crippen LogP contribution is -2.19. The van der Waals surface area contributed by atoms with E-state index in [1.54, 1.807) is 48.4 Å². The van der Waals surface area contributed by atoms with E-state index in [2.05, 4.69) is 41.4 Å². The third-order valence-corrected chi connectivity index (χ3v) is 5.92. The van der Waals surface area contributed by atoms with E-state index in [-0.39, 0.29) is 16.4 Å². The second-order valence-corrected chi connectivity index (χ2v) is 9.91. The second-order valence-electron chi connectivity index (χ2n) is 7.17. The normalized spacial score (nSPS) is 11.3. The molecule has 1 amide bonds. The van der Waals surface area contributed by atoms with Gasteiger partial charge in [-0.25, -0.2) is 9.97 Å². The molecule has 29 heavy (non-hydrogen) atoms. The third kappa shape index (κ3) is 6.02. The summed E-state index contributed by atoms with van der Waals surface area (Å²) in [7, 11) is 0. The Morgan fingerprint density at radius 3 is 2.76 bits per heavy atom. The number of nitrogens with zero attached hydrogens (tertiary/aromatic N) is 2. The van der Waals surface area contributed by atoms with Crippen molar-refractivity contribution in [3.63, 3.8) is 0 Å². The minimum atomic E-state index is -0.259. The van der Waals surface area contributed by atoms with Gasteiger partial charge in [0.15, 0.2) is 10.2 Å². The van der Waals surface area contributed by atoms with Crippen LogP contribution in [0.2, 0.25) is 0 Å². The molecule has 0 aliphatic carbocycles. The van der Waals surface area contributed by atoms with Crippen LogP contribution in [0.4, 0.5) is 10.8 Å². The van der Waals surface area contributed by atoms with Gasteiger partial charge in [0, 0.05) is 16.7 Å². The Morgan fingerprint density at radius 1 is 1.28 bits per heavy atom. The number of anilines is 2. The summed E-state index contributed by atoms with van der Waals surface area (Å²) in [6.07, 6.45) is 3.50. The number of hydrogen-bond acceptors (Lipinski definition) is 7. The van der Waals surface area contributed by atoms with E-state index in [1.807, 2.05) is 0 Å². The van der Waals surface area contributed by atoms with Crippen molar-refractivity contribution in [2.45, 2.75) is 36.1 Å². The predicted octanol–water partition coefficient (Wildman–Crippen LogP) is 4.63. The van der Waals surface area contributed by atoms with Crippen LogP contribution in [-0.4, -0.2) is 21.0 Å². The molecule has 0 saturated carbocycles. The van der Waals surface area contributed by atoms with Crippen LogP contribution in [0.25, 0.3) is 0 Å². The first-order valence-electron chi connectivity index (χ1n) is 8.72. The Morgan fingerprint density at radius 2 is 2.07 bits per heavy atom. The summed E-state index contributed by atoms with van der Waals surface area (Å²) in [5.41, 5.74) is 6.53. The molecule has 7 nitrogen and oxygen atoms in total. The number of carbonyl (C=O) groups excluding carboxylic acids is 1. The number of thioether (sulfide) groups is 1. The smallest absolute Gasteiger partial charge is 0.257 e. The van der Waals surface area contributed by atoms with Crippen LogP contribution in [0, 0.1) is 0 Å². The molecule has 0 bridgehead atoms. The van der Waals surface area contributed by atoms with Crippen molar-refractivity contribution in [3.8, 4) is 0 Å². The topological polar surface area (TPSA) is 106 Å². The monoisotopic (exact) mass is 447 g/mol. The van der Waals surface area contributed by atoms with Gasteiger partial charge in [0.2, 0.25) is 5.89 Å². The van der Waals surface area contributed by atoms with E-state index in [9.17, 15) is 4.79 Å². The lowest BCUT2D eigenvalue weighted by molar-refractivity contribution is 0.102. The summed E-state index contributed by atoms with van der Waals surface area (Å²) in [5.74, 6) is 1.86. The number of rotatable bonds is 6. The Hall–Kier alpha value is -2.43. The lowest BCUT2D eigenvalue weighted by Gasteiger charge is -2.12. The summed E-state index contributed by atoms with van der Waals surface area (Å²) in [6.45, 7) is 6.25. The van der Waals surface area contributed by atoms with Gasteiger partial charge in [-0.1, -0.05) is 38.2 Å². The molecule has 0 fully saturated rings. The largest absolute Gasteiger partial charge is 0.444 e. The quantitative estimate of drug-likeness (QED) is 0.371. The van der Waals surface area contributed by atoms with E-state index in [1.165, 1.54) is 11.3 Å². The Balaban J connectivity index is 1.58. The van der Waals surface area contributed by atoms with Crippen LogP contribution < -0.4 is 16.4 Å². The predicted molar refractivity (Wildman–Crippen MR) is 122 cm³/mol. The van der Waals surface area contributed by atoms with Gasteiger partial charge in [-0.05, 0) is 30.4 Å². The van der Waals surface area contributed by atoms with E-state index in [0.717, 1.165) is 9.97 Å². The highest BCUT2D eigenvalue weighted by atomic mass is 32.2. The fraction of sp³-hybridized carbons (Fsp3) is 0.263. The average molecular weight is 448 g/mol. The molecule has 4 N–H and O–H groups in total. The van der Waals surface area contributed by atoms with Crippen LogP contribution in [0.3, 0.4) is 0 Å². The zero-order chi connectivity index (χ0) is 21.0. The minimum Gasteiger partial charge on any atom is -0.444 e. The number of aromatic nitrogens is 2. The van der Waals surface area contributed by atoms with Crippen molar-refractivity contribution in [1.29, 1.82) is 0 Å². The first kappa shape index (κ1) is 21.3. The van der Waals surface area contributed by atoms with Gasteiger partial charge >= 0.3 is 0 Å². The number of benzene rings is 1. The van der Waals surface area contributed by atoms with E-state index >= 15 is 0 Å². The maximum atomic E-state index is 12.5. The number of hydrogen-bond donors (Lipinski definition) is 3. The molecule has 152 valence electrons. The van der Waals surface area contributed by atoms with Crippen molar-refractivity contribution >= 4 is 57.2 Å². The highest BCUT2D eigenvalue weighted by Gasteiger charge is 2.19. The summed E-state index contributed by atoms with van der Waals surface area (Å²) < 4.78 is 6.75. The SMILES string of the molecule is CC(C)(C)c1cnc(CSc2cnc(NC(=O)c3cccc(NC(N)=S)c3)s2)o1. The van der Waals surface area contributed by atoms with Gasteiger partial charge in [0.25, 0.3) is 5.91 Å². The maximum Gasteiger partial charge on any atom is 0.257 e. The zero-order valence-electron chi connectivity index (χ0n) is 16.2. The molecule has 0 radical (unpaired) electrons. The standard InChI is InChI=1S/C19H21N5O2S3/c1-19(2,3)13-8-21-14(26-13)10-28-15-9-22-18(29-15)24-16(25)11-5-4-6-12(7-11)23-17(20)27/h4-9H,10H2,1-3H3,(H3,20,23,27)(H,22,24,25). The van der Waals surface area contributed by atoms with E-state index in [4.69, 9.17) is 22.4 Å². The zero-order valence-corrected chi connectivity index (χ0v) is 18.6. The molecular weight excluding hydrogens is 426 g/mol. The number of amides is 1. The Kier molecular flexibility index (Phi) is 6.56. The van der Waals surface area contributed by atoms with Crippen molar-refractivity contribution in [1.82, 2.24) is 9.97 Å². The number of thiazole rings is 1. The number of carbonyl (C=O) groups is 1. The molecule has 3 rings (SSSR count). The van der Waals surface area contributed by atoms with Gasteiger partial charge < -0.3 is 15.5 Å². The second kappa shape index (κ2) is 8.93. The molecule has 0 aliphatic heterocycles. The molecule has 3 aromatic rings. The summed E-state index contributed by atoms with van der Waals surface area (Å²) in [6, 6.07) is 6.91. The molecule has 0 spiro atoms. The van der Waals surface area contributed by atoms with Gasteiger partial charge in [0.1, 0.15) is 5.76 Å². The molecule has 2 aromatic heterocycles. The van der Waals surface area contributed by atoms with Crippen molar-refractivity contribution in [3.05, 3.63) is 53.9 Å². The third-order valence-electron chi connectivity index (χ3n) is 3.73. The van der Waals surface area contributed by atoms with Gasteiger partial charge in [-0.2, -0.15) is 0 Å². The van der Waals surface area contributed by atoms with E-state index < -0.39 is 0 Å². The van der Waals surface area contributed by atoms with Crippen molar-refractivity contribution in [2.24, 2.45) is 5.73 Å². The molecule has 0 unspecified atom stereocenters. The van der Waals surface area contributed by atoms with Crippen molar-refractivity contribution in [2.75, 3.05) is 10.6 Å². The lowest BCUT2D eigenvalue weighted by atomic mass is 9.94. The minimum absolute atomic E-state index is 0.0697. The van der Waals surface area contributed by atoms with Crippen LogP contribution >= 0.6 is 35.3 Å². The molecule has 0 atom stereocenters. The fourth-order valence-electron chi connectivity index (χ4n) is 2.29. The van der Waals surface area contributed by atoms with Crippen LogP contribution in [0.15, 0.2) is 45.3 Å². The highest BCUT2D eigenvalue weighted by Crippen LogP contribution is 2.32. The van der Waals surface area contributed by atoms with Crippen LogP contribution in [0.5, 0.6) is 0 Å². The first-order chi connectivity index (χ1) is 13.7. The maximum absolute atomic E-state index is 12.5. The summed E-state index contributed by atoms with van der Waals surface area (Å²) in [5, 5.41) is 6.28. The molecule has 10 heteroatoms. The summed E-state index contributed by atoms with van der Waals surface area (Å²) in [4.78, 5) is 21.1. The van der Waals surface area contributed by atoms with Crippen molar-refractivity contribution < 1.29 is 9.21 Å². The highest BCUT2D eigenvalue weighted by molar-refractivity contribution is 8.00. The van der Waals surface area contributed by atoms with Gasteiger partial charge in [-0.3, -0.25) is 10.1 Å². The average Bonchev–Trinajstić information content (AvgIpc) is 3.28. The number of nitrogens with two attached hydrogens (primary N) is 1. The molecule has 1 aromatic carbocycles. The van der Waals surface area contributed by atoms with Gasteiger partial charge in [0.05, 0.1) is 22.4 Å². The number of nitrogens with one attached hydrogen (secondary N) is 2. The molecule has 0 saturated heterocycles. The van der Waals surface area contributed by atoms with Gasteiger partial charge in [-0.15, -0.1) is 11.8 Å².